The molecule has 0 spiro atoms. The molecule has 0 N–H and O–H groups in total. The van der Waals surface area contributed by atoms with Crippen LogP contribution in [0.3, 0.4) is 0 Å². The largest absolute Gasteiger partial charge is 0.490 e. The van der Waals surface area contributed by atoms with Crippen LogP contribution in [0, 0.1) is 5.92 Å². The Bertz CT molecular complexity index is 1250. The van der Waals surface area contributed by atoms with Gasteiger partial charge in [-0.2, -0.15) is 0 Å². The van der Waals surface area contributed by atoms with E-state index in [1.165, 1.54) is 6.07 Å². The maximum Gasteiger partial charge on any atom is 0.410 e. The molecule has 186 valence electrons. The minimum Gasteiger partial charge on any atom is -0.490 e. The van der Waals surface area contributed by atoms with E-state index in [0.717, 1.165) is 24.0 Å². The van der Waals surface area contributed by atoms with Crippen molar-refractivity contribution in [3.63, 3.8) is 0 Å². The standard InChI is InChI=1S/C27H31BN4O4/c1-27(2,3)36-26(34)31-11-9-19(10-12-31)18-35-23-14-29-25(30-15-23)21-6-4-5-20(13-21)16-32-17-22(28)7-8-24(32)33/h4-8,13-15,17,19H,9-12,16,18H2,1-3H3. The number of hydrogen-bond acceptors (Lipinski definition) is 6. The molecule has 36 heavy (non-hydrogen) atoms. The monoisotopic (exact) mass is 486 g/mol. The summed E-state index contributed by atoms with van der Waals surface area (Å²) in [5, 5.41) is 0. The first kappa shape index (κ1) is 25.5. The zero-order chi connectivity index (χ0) is 25.7. The molecule has 1 fully saturated rings. The van der Waals surface area contributed by atoms with E-state index in [4.69, 9.17) is 17.3 Å². The lowest BCUT2D eigenvalue weighted by atomic mass is 9.98. The predicted octanol–water partition coefficient (Wildman–Crippen LogP) is 3.17. The summed E-state index contributed by atoms with van der Waals surface area (Å²) in [7, 11) is 5.81. The van der Waals surface area contributed by atoms with Crippen molar-refractivity contribution in [3.8, 4) is 17.1 Å². The molecule has 9 heteroatoms. The number of pyridine rings is 1. The van der Waals surface area contributed by atoms with E-state index in [1.807, 2.05) is 45.0 Å². The highest BCUT2D eigenvalue weighted by Crippen LogP contribution is 2.22. The summed E-state index contributed by atoms with van der Waals surface area (Å²) in [6.07, 6.45) is 6.46. The molecule has 2 aromatic heterocycles. The van der Waals surface area contributed by atoms with Crippen LogP contribution < -0.4 is 15.8 Å². The second-order valence-corrected chi connectivity index (χ2v) is 10.1. The zero-order valence-corrected chi connectivity index (χ0v) is 21.0. The molecule has 0 bridgehead atoms. The third-order valence-electron chi connectivity index (χ3n) is 5.92. The van der Waals surface area contributed by atoms with E-state index in [0.29, 0.717) is 49.2 Å². The van der Waals surface area contributed by atoms with Gasteiger partial charge in [0.05, 0.1) is 25.5 Å². The Balaban J connectivity index is 1.30. The normalized spacial score (nSPS) is 14.5. The molecule has 3 aromatic rings. The second kappa shape index (κ2) is 11.0. The number of nitrogens with zero attached hydrogens (tertiary/aromatic N) is 4. The molecule has 0 aliphatic carbocycles. The lowest BCUT2D eigenvalue weighted by molar-refractivity contribution is 0.0165. The van der Waals surface area contributed by atoms with Crippen molar-refractivity contribution in [3.05, 3.63) is 70.9 Å². The molecule has 0 atom stereocenters. The molecule has 2 radical (unpaired) electrons. The Labute approximate surface area is 212 Å². The molecule has 8 nitrogen and oxygen atoms in total. The van der Waals surface area contributed by atoms with Gasteiger partial charge in [-0.15, -0.1) is 0 Å². The number of amides is 1. The van der Waals surface area contributed by atoms with Crippen LogP contribution in [-0.2, 0) is 11.3 Å². The number of aromatic nitrogens is 3. The fourth-order valence-corrected chi connectivity index (χ4v) is 4.04. The van der Waals surface area contributed by atoms with Crippen LogP contribution >= 0.6 is 0 Å². The number of ether oxygens (including phenoxy) is 2. The minimum absolute atomic E-state index is 0.108. The van der Waals surface area contributed by atoms with Crippen LogP contribution in [0.1, 0.15) is 39.2 Å². The smallest absolute Gasteiger partial charge is 0.410 e. The Morgan fingerprint density at radius 3 is 2.53 bits per heavy atom. The number of hydrogen-bond donors (Lipinski definition) is 0. The fourth-order valence-electron chi connectivity index (χ4n) is 4.04. The van der Waals surface area contributed by atoms with Crippen LogP contribution in [0.15, 0.2) is 59.8 Å². The Morgan fingerprint density at radius 2 is 1.83 bits per heavy atom. The highest BCUT2D eigenvalue weighted by molar-refractivity contribution is 6.32. The Morgan fingerprint density at radius 1 is 1.11 bits per heavy atom. The fraction of sp³-hybridized carbons (Fsp3) is 0.407. The number of likely N-dealkylation sites (tertiary alicyclic amines) is 1. The van der Waals surface area contributed by atoms with Crippen LogP contribution in [0.4, 0.5) is 4.79 Å². The van der Waals surface area contributed by atoms with Crippen molar-refractivity contribution in [1.29, 1.82) is 0 Å². The highest BCUT2D eigenvalue weighted by atomic mass is 16.6. The third-order valence-corrected chi connectivity index (χ3v) is 5.92. The van der Waals surface area contributed by atoms with Gasteiger partial charge in [0.1, 0.15) is 13.4 Å². The van der Waals surface area contributed by atoms with Gasteiger partial charge < -0.3 is 18.9 Å². The molecular formula is C27H31BN4O4. The SMILES string of the molecule is [B]c1ccc(=O)n(Cc2cccc(-c3ncc(OCC4CCN(C(=O)OC(C)(C)C)CC4)cn3)c2)c1. The van der Waals surface area contributed by atoms with Crippen molar-refractivity contribution in [2.24, 2.45) is 5.92 Å². The van der Waals surface area contributed by atoms with E-state index in [1.54, 1.807) is 34.1 Å². The van der Waals surface area contributed by atoms with E-state index in [-0.39, 0.29) is 11.7 Å². The van der Waals surface area contributed by atoms with Crippen molar-refractivity contribution < 1.29 is 14.3 Å². The van der Waals surface area contributed by atoms with Gasteiger partial charge >= 0.3 is 6.09 Å². The molecule has 4 rings (SSSR count). The van der Waals surface area contributed by atoms with E-state index in [2.05, 4.69) is 9.97 Å². The minimum atomic E-state index is -0.486. The second-order valence-electron chi connectivity index (χ2n) is 10.1. The average Bonchev–Trinajstić information content (AvgIpc) is 2.85. The van der Waals surface area contributed by atoms with Gasteiger partial charge in [-0.05, 0) is 51.2 Å². The molecule has 1 amide bonds. The van der Waals surface area contributed by atoms with Crippen molar-refractivity contribution in [2.75, 3.05) is 19.7 Å². The molecule has 3 heterocycles. The summed E-state index contributed by atoms with van der Waals surface area (Å²) in [6.45, 7) is 7.91. The van der Waals surface area contributed by atoms with Crippen molar-refractivity contribution in [1.82, 2.24) is 19.4 Å². The molecule has 0 unspecified atom stereocenters. The number of benzene rings is 1. The first-order valence-corrected chi connectivity index (χ1v) is 12.1. The van der Waals surface area contributed by atoms with Crippen LogP contribution in [0.2, 0.25) is 0 Å². The number of carbonyl (C=O) groups is 1. The molecule has 1 aromatic carbocycles. The Hall–Kier alpha value is -3.62. The quantitative estimate of drug-likeness (QED) is 0.498. The van der Waals surface area contributed by atoms with Gasteiger partial charge in [-0.3, -0.25) is 4.79 Å². The maximum absolute atomic E-state index is 12.2. The van der Waals surface area contributed by atoms with E-state index < -0.39 is 5.60 Å². The number of carbonyl (C=O) groups excluding carboxylic acids is 1. The molecule has 0 saturated carbocycles. The van der Waals surface area contributed by atoms with Gasteiger partial charge in [0.2, 0.25) is 0 Å². The number of rotatable bonds is 6. The van der Waals surface area contributed by atoms with Gasteiger partial charge in [-0.25, -0.2) is 14.8 Å². The van der Waals surface area contributed by atoms with Crippen LogP contribution in [0.25, 0.3) is 11.4 Å². The van der Waals surface area contributed by atoms with Gasteiger partial charge in [-0.1, -0.05) is 29.7 Å². The molecule has 1 saturated heterocycles. The molecule has 1 aliphatic rings. The summed E-state index contributed by atoms with van der Waals surface area (Å²) >= 11 is 0. The number of piperidine rings is 1. The summed E-state index contributed by atoms with van der Waals surface area (Å²) < 4.78 is 13.0. The lowest BCUT2D eigenvalue weighted by Gasteiger charge is -2.33. The molecule has 1 aliphatic heterocycles. The van der Waals surface area contributed by atoms with Crippen LogP contribution in [-0.4, -0.2) is 58.7 Å². The topological polar surface area (TPSA) is 86.6 Å². The first-order chi connectivity index (χ1) is 17.2. The maximum atomic E-state index is 12.2. The third kappa shape index (κ3) is 6.96. The lowest BCUT2D eigenvalue weighted by Crippen LogP contribution is -2.42. The summed E-state index contributed by atoms with van der Waals surface area (Å²) in [5.74, 6) is 1.54. The van der Waals surface area contributed by atoms with Crippen molar-refractivity contribution in [2.45, 2.75) is 45.8 Å². The van der Waals surface area contributed by atoms with Gasteiger partial charge in [0, 0.05) is 30.9 Å². The van der Waals surface area contributed by atoms with Crippen LogP contribution in [0.5, 0.6) is 5.75 Å². The van der Waals surface area contributed by atoms with E-state index in [9.17, 15) is 9.59 Å². The predicted molar refractivity (Wildman–Crippen MR) is 139 cm³/mol. The van der Waals surface area contributed by atoms with E-state index >= 15 is 0 Å². The zero-order valence-electron chi connectivity index (χ0n) is 21.0. The van der Waals surface area contributed by atoms with Gasteiger partial charge in [0.25, 0.3) is 5.56 Å². The van der Waals surface area contributed by atoms with Crippen molar-refractivity contribution >= 4 is 19.4 Å². The summed E-state index contributed by atoms with van der Waals surface area (Å²) in [5.41, 5.74) is 1.74. The average molecular weight is 486 g/mol. The Kier molecular flexibility index (Phi) is 7.77. The summed E-state index contributed by atoms with van der Waals surface area (Å²) in [4.78, 5) is 35.0. The molecular weight excluding hydrogens is 455 g/mol. The summed E-state index contributed by atoms with van der Waals surface area (Å²) in [6, 6.07) is 10.8. The van der Waals surface area contributed by atoms with Gasteiger partial charge in [0.15, 0.2) is 11.6 Å². The highest BCUT2D eigenvalue weighted by Gasteiger charge is 2.27. The first-order valence-electron chi connectivity index (χ1n) is 12.1.